The molecule has 1 saturated heterocycles. The third-order valence-electron chi connectivity index (χ3n) is 3.59. The minimum absolute atomic E-state index is 0.0169. The summed E-state index contributed by atoms with van der Waals surface area (Å²) < 4.78 is 0. The first-order valence-electron chi connectivity index (χ1n) is 6.17. The molecule has 2 aliphatic rings. The third kappa shape index (κ3) is 2.34. The Bertz CT molecular complexity index is 333. The molecule has 2 rings (SSSR count). The van der Waals surface area contributed by atoms with Crippen LogP contribution in [-0.4, -0.2) is 30.2 Å². The zero-order valence-corrected chi connectivity index (χ0v) is 9.87. The van der Waals surface area contributed by atoms with Gasteiger partial charge >= 0.3 is 0 Å². The van der Waals surface area contributed by atoms with Crippen LogP contribution in [0.1, 0.15) is 38.5 Å². The van der Waals surface area contributed by atoms with Crippen molar-refractivity contribution in [1.82, 2.24) is 4.90 Å². The van der Waals surface area contributed by atoms with Crippen molar-refractivity contribution in [2.24, 2.45) is 5.92 Å². The van der Waals surface area contributed by atoms with Crippen LogP contribution >= 0.6 is 0 Å². The molecule has 16 heavy (non-hydrogen) atoms. The van der Waals surface area contributed by atoms with Crippen LogP contribution in [0.4, 0.5) is 0 Å². The lowest BCUT2D eigenvalue weighted by molar-refractivity contribution is -0.132. The molecule has 1 heterocycles. The highest BCUT2D eigenvalue weighted by molar-refractivity contribution is 5.93. The second-order valence-corrected chi connectivity index (χ2v) is 4.85. The summed E-state index contributed by atoms with van der Waals surface area (Å²) in [6, 6.07) is 0. The zero-order valence-electron chi connectivity index (χ0n) is 9.87. The Balaban J connectivity index is 2.17. The van der Waals surface area contributed by atoms with E-state index in [-0.39, 0.29) is 17.6 Å². The van der Waals surface area contributed by atoms with Gasteiger partial charge in [0.25, 0.3) is 0 Å². The Kier molecular flexibility index (Phi) is 3.42. The van der Waals surface area contributed by atoms with Crippen LogP contribution in [0.15, 0.2) is 11.6 Å². The van der Waals surface area contributed by atoms with Crippen molar-refractivity contribution >= 4 is 11.7 Å². The number of amides is 1. The van der Waals surface area contributed by atoms with Crippen molar-refractivity contribution in [3.05, 3.63) is 11.6 Å². The first kappa shape index (κ1) is 11.4. The number of nitrogens with zero attached hydrogens (tertiary/aromatic N) is 1. The van der Waals surface area contributed by atoms with Crippen molar-refractivity contribution in [2.75, 3.05) is 13.6 Å². The van der Waals surface area contributed by atoms with E-state index in [0.717, 1.165) is 44.2 Å². The summed E-state index contributed by atoms with van der Waals surface area (Å²) in [5.74, 6) is 0.385. The van der Waals surface area contributed by atoms with E-state index in [1.54, 1.807) is 6.08 Å². The number of allylic oxidation sites excluding steroid dienone is 1. The molecule has 1 atom stereocenters. The van der Waals surface area contributed by atoms with Gasteiger partial charge in [-0.15, -0.1) is 0 Å². The topological polar surface area (TPSA) is 37.4 Å². The van der Waals surface area contributed by atoms with Crippen LogP contribution < -0.4 is 0 Å². The molecule has 1 fully saturated rings. The van der Waals surface area contributed by atoms with Crippen LogP contribution in [-0.2, 0) is 9.59 Å². The van der Waals surface area contributed by atoms with Gasteiger partial charge in [-0.3, -0.25) is 9.59 Å². The van der Waals surface area contributed by atoms with Crippen LogP contribution in [0.3, 0.4) is 0 Å². The molecular weight excluding hydrogens is 202 g/mol. The normalized spacial score (nSPS) is 27.7. The summed E-state index contributed by atoms with van der Waals surface area (Å²) in [4.78, 5) is 25.3. The Labute approximate surface area is 96.5 Å². The van der Waals surface area contributed by atoms with Crippen molar-refractivity contribution in [1.29, 1.82) is 0 Å². The van der Waals surface area contributed by atoms with E-state index < -0.39 is 0 Å². The molecule has 1 amide bonds. The molecule has 0 aromatic rings. The molecular formula is C13H19NO2. The van der Waals surface area contributed by atoms with E-state index in [2.05, 4.69) is 0 Å². The highest BCUT2D eigenvalue weighted by Crippen LogP contribution is 2.29. The van der Waals surface area contributed by atoms with Gasteiger partial charge in [0.05, 0.1) is 5.92 Å². The SMILES string of the molecule is CN1CCCCC(C2=CC(=O)CCC2)C1=O. The van der Waals surface area contributed by atoms with Crippen molar-refractivity contribution in [2.45, 2.75) is 38.5 Å². The van der Waals surface area contributed by atoms with Gasteiger partial charge in [0.15, 0.2) is 5.78 Å². The lowest BCUT2D eigenvalue weighted by Gasteiger charge is -2.23. The fraction of sp³-hybridized carbons (Fsp3) is 0.692. The fourth-order valence-electron chi connectivity index (χ4n) is 2.63. The number of rotatable bonds is 1. The lowest BCUT2D eigenvalue weighted by Crippen LogP contribution is -2.33. The molecule has 88 valence electrons. The number of likely N-dealkylation sites (tertiary alicyclic amines) is 1. The average Bonchev–Trinajstić information content (AvgIpc) is 2.42. The van der Waals surface area contributed by atoms with Gasteiger partial charge in [0, 0.05) is 20.0 Å². The van der Waals surface area contributed by atoms with E-state index >= 15 is 0 Å². The molecule has 3 nitrogen and oxygen atoms in total. The lowest BCUT2D eigenvalue weighted by atomic mass is 9.85. The Morgan fingerprint density at radius 1 is 1.19 bits per heavy atom. The predicted molar refractivity (Wildman–Crippen MR) is 61.9 cm³/mol. The summed E-state index contributed by atoms with van der Waals surface area (Å²) in [7, 11) is 1.87. The molecule has 0 saturated carbocycles. The van der Waals surface area contributed by atoms with Gasteiger partial charge < -0.3 is 4.90 Å². The number of hydrogen-bond acceptors (Lipinski definition) is 2. The molecule has 1 unspecified atom stereocenters. The van der Waals surface area contributed by atoms with E-state index in [1.807, 2.05) is 11.9 Å². The number of hydrogen-bond donors (Lipinski definition) is 0. The molecule has 0 aromatic carbocycles. The summed E-state index contributed by atoms with van der Waals surface area (Å²) >= 11 is 0. The van der Waals surface area contributed by atoms with Gasteiger partial charge in [0.2, 0.25) is 5.91 Å². The van der Waals surface area contributed by atoms with Crippen LogP contribution in [0.25, 0.3) is 0 Å². The van der Waals surface area contributed by atoms with E-state index in [0.29, 0.717) is 6.42 Å². The molecule has 0 spiro atoms. The Morgan fingerprint density at radius 2 is 2.00 bits per heavy atom. The molecule has 3 heteroatoms. The highest BCUT2D eigenvalue weighted by atomic mass is 16.2. The summed E-state index contributed by atoms with van der Waals surface area (Å²) in [6.45, 7) is 0.858. The second kappa shape index (κ2) is 4.81. The molecule has 0 aromatic heterocycles. The maximum Gasteiger partial charge on any atom is 0.229 e. The standard InChI is InChI=1S/C13H19NO2/c1-14-8-3-2-7-12(13(14)16)10-5-4-6-11(15)9-10/h9,12H,2-8H2,1H3. The maximum absolute atomic E-state index is 12.1. The Morgan fingerprint density at radius 3 is 2.75 bits per heavy atom. The summed E-state index contributed by atoms with van der Waals surface area (Å²) in [6.07, 6.45) is 7.31. The predicted octanol–water partition coefficient (Wildman–Crippen LogP) is 1.92. The fourth-order valence-corrected chi connectivity index (χ4v) is 2.63. The summed E-state index contributed by atoms with van der Waals surface area (Å²) in [5.41, 5.74) is 1.08. The van der Waals surface area contributed by atoms with Gasteiger partial charge in [-0.25, -0.2) is 0 Å². The zero-order chi connectivity index (χ0) is 11.5. The molecule has 0 radical (unpaired) electrons. The first-order valence-corrected chi connectivity index (χ1v) is 6.17. The summed E-state index contributed by atoms with van der Waals surface area (Å²) in [5, 5.41) is 0. The Hall–Kier alpha value is -1.12. The maximum atomic E-state index is 12.1. The van der Waals surface area contributed by atoms with E-state index in [4.69, 9.17) is 0 Å². The largest absolute Gasteiger partial charge is 0.345 e. The minimum atomic E-state index is -0.0169. The number of carbonyl (C=O) groups excluding carboxylic acids is 2. The number of ketones is 1. The van der Waals surface area contributed by atoms with Crippen molar-refractivity contribution in [3.8, 4) is 0 Å². The van der Waals surface area contributed by atoms with E-state index in [9.17, 15) is 9.59 Å². The smallest absolute Gasteiger partial charge is 0.229 e. The van der Waals surface area contributed by atoms with Crippen molar-refractivity contribution in [3.63, 3.8) is 0 Å². The quantitative estimate of drug-likeness (QED) is 0.678. The van der Waals surface area contributed by atoms with Crippen LogP contribution in [0.5, 0.6) is 0 Å². The second-order valence-electron chi connectivity index (χ2n) is 4.85. The molecule has 1 aliphatic carbocycles. The van der Waals surface area contributed by atoms with Gasteiger partial charge in [0.1, 0.15) is 0 Å². The average molecular weight is 221 g/mol. The highest BCUT2D eigenvalue weighted by Gasteiger charge is 2.29. The van der Waals surface area contributed by atoms with Gasteiger partial charge in [-0.1, -0.05) is 12.0 Å². The van der Waals surface area contributed by atoms with Crippen LogP contribution in [0.2, 0.25) is 0 Å². The van der Waals surface area contributed by atoms with E-state index in [1.165, 1.54) is 0 Å². The van der Waals surface area contributed by atoms with Gasteiger partial charge in [-0.2, -0.15) is 0 Å². The monoisotopic (exact) mass is 221 g/mol. The van der Waals surface area contributed by atoms with Crippen LogP contribution in [0, 0.1) is 5.92 Å². The third-order valence-corrected chi connectivity index (χ3v) is 3.59. The van der Waals surface area contributed by atoms with Crippen molar-refractivity contribution < 1.29 is 9.59 Å². The van der Waals surface area contributed by atoms with Gasteiger partial charge in [-0.05, 0) is 31.8 Å². The molecule has 0 N–H and O–H groups in total. The minimum Gasteiger partial charge on any atom is -0.345 e. The number of carbonyl (C=O) groups is 2. The molecule has 0 bridgehead atoms. The first-order chi connectivity index (χ1) is 7.68. The molecule has 1 aliphatic heterocycles.